The summed E-state index contributed by atoms with van der Waals surface area (Å²) in [6.45, 7) is 5.72. The van der Waals surface area contributed by atoms with E-state index >= 15 is 0 Å². The zero-order valence-electron chi connectivity index (χ0n) is 12.1. The Morgan fingerprint density at radius 3 is 2.90 bits per heavy atom. The van der Waals surface area contributed by atoms with Crippen molar-refractivity contribution in [3.8, 4) is 5.75 Å². The van der Waals surface area contributed by atoms with Crippen molar-refractivity contribution in [3.63, 3.8) is 0 Å². The molecule has 1 aliphatic rings. The highest BCUT2D eigenvalue weighted by Crippen LogP contribution is 2.30. The van der Waals surface area contributed by atoms with Crippen LogP contribution in [-0.4, -0.2) is 37.0 Å². The van der Waals surface area contributed by atoms with Crippen molar-refractivity contribution < 1.29 is 9.53 Å². The highest BCUT2D eigenvalue weighted by atomic mass is 35.5. The Labute approximate surface area is 125 Å². The van der Waals surface area contributed by atoms with Crippen LogP contribution in [0.1, 0.15) is 31.9 Å². The molecule has 1 heterocycles. The van der Waals surface area contributed by atoms with E-state index in [2.05, 4.69) is 19.2 Å². The van der Waals surface area contributed by atoms with Crippen LogP contribution in [0.15, 0.2) is 18.2 Å². The summed E-state index contributed by atoms with van der Waals surface area (Å²) in [7, 11) is 1.80. The Hall–Kier alpha value is -1.26. The minimum atomic E-state index is -0.381. The number of halogens is 1. The summed E-state index contributed by atoms with van der Waals surface area (Å²) in [6.07, 6.45) is 0.348. The zero-order chi connectivity index (χ0) is 14.7. The molecular weight excluding hydrogens is 276 g/mol. The van der Waals surface area contributed by atoms with Crippen LogP contribution in [0.3, 0.4) is 0 Å². The Morgan fingerprint density at radius 1 is 1.55 bits per heavy atom. The average Bonchev–Trinajstić information content (AvgIpc) is 2.73. The highest BCUT2D eigenvalue weighted by molar-refractivity contribution is 6.30. The first kappa shape index (κ1) is 15.1. The summed E-state index contributed by atoms with van der Waals surface area (Å²) in [5.41, 5.74) is 0.988. The van der Waals surface area contributed by atoms with Gasteiger partial charge in [-0.1, -0.05) is 18.5 Å². The van der Waals surface area contributed by atoms with E-state index in [-0.39, 0.29) is 18.1 Å². The number of ether oxygens (including phenoxy) is 1. The first-order valence-electron chi connectivity index (χ1n) is 6.97. The molecule has 0 aliphatic carbocycles. The summed E-state index contributed by atoms with van der Waals surface area (Å²) >= 11 is 6.07. The van der Waals surface area contributed by atoms with E-state index in [1.54, 1.807) is 18.0 Å². The van der Waals surface area contributed by atoms with Gasteiger partial charge >= 0.3 is 0 Å². The third-order valence-corrected chi connectivity index (χ3v) is 3.83. The predicted molar refractivity (Wildman–Crippen MR) is 80.2 cm³/mol. The molecule has 0 spiro atoms. The molecule has 1 saturated heterocycles. The molecule has 1 N–H and O–H groups in total. The molecule has 1 aromatic rings. The van der Waals surface area contributed by atoms with Crippen LogP contribution in [0.25, 0.3) is 0 Å². The maximum absolute atomic E-state index is 11.9. The molecule has 4 nitrogen and oxygen atoms in total. The van der Waals surface area contributed by atoms with Crippen molar-refractivity contribution in [2.24, 2.45) is 0 Å². The monoisotopic (exact) mass is 296 g/mol. The predicted octanol–water partition coefficient (Wildman–Crippen LogP) is 2.62. The van der Waals surface area contributed by atoms with Gasteiger partial charge in [0.2, 0.25) is 0 Å². The van der Waals surface area contributed by atoms with Gasteiger partial charge in [0.05, 0.1) is 0 Å². The van der Waals surface area contributed by atoms with Gasteiger partial charge in [-0.25, -0.2) is 0 Å². The van der Waals surface area contributed by atoms with Crippen LogP contribution >= 0.6 is 11.6 Å². The van der Waals surface area contributed by atoms with Gasteiger partial charge in [0.1, 0.15) is 5.75 Å². The number of rotatable bonds is 5. The molecule has 1 aromatic carbocycles. The van der Waals surface area contributed by atoms with E-state index in [4.69, 9.17) is 16.3 Å². The number of amides is 1. The van der Waals surface area contributed by atoms with E-state index in [0.29, 0.717) is 5.02 Å². The summed E-state index contributed by atoms with van der Waals surface area (Å²) in [5.74, 6) is 0.776. The molecule has 2 rings (SSSR count). The van der Waals surface area contributed by atoms with Gasteiger partial charge in [0.25, 0.3) is 5.91 Å². The maximum atomic E-state index is 11.9. The smallest absolute Gasteiger partial charge is 0.263 e. The highest BCUT2D eigenvalue weighted by Gasteiger charge is 2.31. The molecule has 1 aliphatic heterocycles. The van der Waals surface area contributed by atoms with Gasteiger partial charge in [-0.05, 0) is 31.7 Å². The second-order valence-electron chi connectivity index (χ2n) is 5.12. The molecule has 2 unspecified atom stereocenters. The van der Waals surface area contributed by atoms with Crippen LogP contribution in [0.4, 0.5) is 0 Å². The zero-order valence-corrected chi connectivity index (χ0v) is 12.9. The van der Waals surface area contributed by atoms with Crippen LogP contribution in [0.5, 0.6) is 5.75 Å². The molecule has 0 radical (unpaired) electrons. The SMILES string of the molecule is CCNC(C)c1cc(Cl)ccc1OC1CCN(C)C1=O. The van der Waals surface area contributed by atoms with Crippen molar-refractivity contribution >= 4 is 17.5 Å². The number of carbonyl (C=O) groups is 1. The summed E-state index contributed by atoms with van der Waals surface area (Å²) in [5, 5.41) is 4.01. The third-order valence-electron chi connectivity index (χ3n) is 3.60. The largest absolute Gasteiger partial charge is 0.480 e. The van der Waals surface area contributed by atoms with Gasteiger partial charge in [-0.3, -0.25) is 4.79 Å². The van der Waals surface area contributed by atoms with Gasteiger partial charge in [0.15, 0.2) is 6.10 Å². The number of likely N-dealkylation sites (N-methyl/N-ethyl adjacent to an activating group) is 1. The van der Waals surface area contributed by atoms with Gasteiger partial charge in [0, 0.05) is 36.6 Å². The van der Waals surface area contributed by atoms with E-state index in [9.17, 15) is 4.79 Å². The van der Waals surface area contributed by atoms with Crippen molar-refractivity contribution in [2.75, 3.05) is 20.1 Å². The fourth-order valence-corrected chi connectivity index (χ4v) is 2.61. The number of benzene rings is 1. The van der Waals surface area contributed by atoms with Crippen LogP contribution in [-0.2, 0) is 4.79 Å². The maximum Gasteiger partial charge on any atom is 0.263 e. The van der Waals surface area contributed by atoms with Crippen LogP contribution < -0.4 is 10.1 Å². The molecule has 1 amide bonds. The minimum absolute atomic E-state index is 0.0435. The van der Waals surface area contributed by atoms with Crippen molar-refractivity contribution in [2.45, 2.75) is 32.4 Å². The first-order valence-corrected chi connectivity index (χ1v) is 7.35. The molecule has 110 valence electrons. The Bertz CT molecular complexity index is 493. The molecule has 5 heteroatoms. The summed E-state index contributed by atoms with van der Waals surface area (Å²) < 4.78 is 5.92. The average molecular weight is 297 g/mol. The van der Waals surface area contributed by atoms with E-state index in [1.165, 1.54) is 0 Å². The number of nitrogens with one attached hydrogen (secondary N) is 1. The minimum Gasteiger partial charge on any atom is -0.480 e. The van der Waals surface area contributed by atoms with Gasteiger partial charge < -0.3 is 15.0 Å². The second-order valence-corrected chi connectivity index (χ2v) is 5.55. The quantitative estimate of drug-likeness (QED) is 0.908. The molecule has 1 fully saturated rings. The number of likely N-dealkylation sites (tertiary alicyclic amines) is 1. The normalized spacial score (nSPS) is 20.3. The van der Waals surface area contributed by atoms with E-state index in [1.807, 2.05) is 12.1 Å². The van der Waals surface area contributed by atoms with Crippen molar-refractivity contribution in [1.29, 1.82) is 0 Å². The van der Waals surface area contributed by atoms with Crippen LogP contribution in [0.2, 0.25) is 5.02 Å². The number of hydrogen-bond acceptors (Lipinski definition) is 3. The number of nitrogens with zero attached hydrogens (tertiary/aromatic N) is 1. The lowest BCUT2D eigenvalue weighted by Gasteiger charge is -2.20. The lowest BCUT2D eigenvalue weighted by molar-refractivity contribution is -0.132. The topological polar surface area (TPSA) is 41.6 Å². The van der Waals surface area contributed by atoms with Crippen LogP contribution in [0, 0.1) is 0 Å². The lowest BCUT2D eigenvalue weighted by Crippen LogP contribution is -2.30. The Kier molecular flexibility index (Phi) is 4.89. The summed E-state index contributed by atoms with van der Waals surface area (Å²) in [4.78, 5) is 13.6. The standard InChI is InChI=1S/C15H21ClN2O2/c1-4-17-10(2)12-9-11(16)5-6-13(12)20-14-7-8-18(3)15(14)19/h5-6,9-10,14,17H,4,7-8H2,1-3H3. The lowest BCUT2D eigenvalue weighted by atomic mass is 10.1. The van der Waals surface area contributed by atoms with Crippen molar-refractivity contribution in [1.82, 2.24) is 10.2 Å². The number of carbonyl (C=O) groups excluding carboxylic acids is 1. The summed E-state index contributed by atoms with van der Waals surface area (Å²) in [6, 6.07) is 5.66. The fourth-order valence-electron chi connectivity index (χ4n) is 2.43. The molecule has 0 bridgehead atoms. The fraction of sp³-hybridized carbons (Fsp3) is 0.533. The molecule has 20 heavy (non-hydrogen) atoms. The molecule has 2 atom stereocenters. The molecular formula is C15H21ClN2O2. The second kappa shape index (κ2) is 6.46. The van der Waals surface area contributed by atoms with E-state index in [0.717, 1.165) is 30.8 Å². The first-order chi connectivity index (χ1) is 9.52. The van der Waals surface area contributed by atoms with Gasteiger partial charge in [-0.15, -0.1) is 0 Å². The Morgan fingerprint density at radius 2 is 2.30 bits per heavy atom. The Balaban J connectivity index is 2.20. The van der Waals surface area contributed by atoms with Crippen molar-refractivity contribution in [3.05, 3.63) is 28.8 Å². The molecule has 0 saturated carbocycles. The van der Waals surface area contributed by atoms with Gasteiger partial charge in [-0.2, -0.15) is 0 Å². The third kappa shape index (κ3) is 3.25. The van der Waals surface area contributed by atoms with E-state index < -0.39 is 0 Å². The number of hydrogen-bond donors (Lipinski definition) is 1. The molecule has 0 aromatic heterocycles.